The van der Waals surface area contributed by atoms with Crippen LogP contribution in [0.2, 0.25) is 0 Å². The van der Waals surface area contributed by atoms with Crippen LogP contribution in [0.3, 0.4) is 0 Å². The summed E-state index contributed by atoms with van der Waals surface area (Å²) in [6, 6.07) is 6.47. The van der Waals surface area contributed by atoms with Crippen molar-refractivity contribution in [2.24, 2.45) is 22.7 Å². The molecule has 39 heavy (non-hydrogen) atoms. The zero-order valence-corrected chi connectivity index (χ0v) is 23.5. The highest BCUT2D eigenvalue weighted by Crippen LogP contribution is 2.61. The Labute approximate surface area is 231 Å². The zero-order valence-electron chi connectivity index (χ0n) is 23.5. The van der Waals surface area contributed by atoms with Crippen molar-refractivity contribution in [3.63, 3.8) is 0 Å². The molecule has 2 aliphatic carbocycles. The van der Waals surface area contributed by atoms with Crippen molar-refractivity contribution in [2.75, 3.05) is 31.6 Å². The summed E-state index contributed by atoms with van der Waals surface area (Å²) in [4.78, 5) is 40.1. The first-order valence-electron chi connectivity index (χ1n) is 14.4. The highest BCUT2D eigenvalue weighted by molar-refractivity contribution is 5.92. The fourth-order valence-electron chi connectivity index (χ4n) is 7.46. The fraction of sp³-hybridized carbons (Fsp3) is 0.700. The Bertz CT molecular complexity index is 1040. The van der Waals surface area contributed by atoms with Gasteiger partial charge in [0.05, 0.1) is 24.9 Å². The van der Waals surface area contributed by atoms with Crippen LogP contribution in [0.25, 0.3) is 0 Å². The predicted octanol–water partition coefficient (Wildman–Crippen LogP) is 4.37. The van der Waals surface area contributed by atoms with E-state index in [1.807, 2.05) is 11.8 Å². The van der Waals surface area contributed by atoms with Crippen molar-refractivity contribution in [2.45, 2.75) is 84.3 Å². The van der Waals surface area contributed by atoms with Crippen LogP contribution in [0.4, 0.5) is 10.5 Å². The summed E-state index contributed by atoms with van der Waals surface area (Å²) < 4.78 is 11.0. The molecule has 0 aromatic heterocycles. The summed E-state index contributed by atoms with van der Waals surface area (Å²) in [5.41, 5.74) is -0.364. The third-order valence-electron chi connectivity index (χ3n) is 9.65. The van der Waals surface area contributed by atoms with Crippen molar-refractivity contribution in [1.82, 2.24) is 4.90 Å². The van der Waals surface area contributed by atoms with E-state index in [1.54, 1.807) is 25.1 Å². The first-order chi connectivity index (χ1) is 18.6. The number of ether oxygens (including phenoxy) is 2. The van der Waals surface area contributed by atoms with E-state index in [9.17, 15) is 24.6 Å². The number of nitrogens with one attached hydrogen (secondary N) is 1. The highest BCUT2D eigenvalue weighted by Gasteiger charge is 2.60. The maximum atomic E-state index is 13.2. The van der Waals surface area contributed by atoms with Crippen molar-refractivity contribution in [3.05, 3.63) is 29.8 Å². The van der Waals surface area contributed by atoms with Gasteiger partial charge in [-0.15, -0.1) is 0 Å². The zero-order chi connectivity index (χ0) is 28.2. The first-order valence-corrected chi connectivity index (χ1v) is 14.4. The Morgan fingerprint density at radius 2 is 1.85 bits per heavy atom. The molecule has 1 heterocycles. The number of aliphatic hydroxyl groups excluding tert-OH is 2. The van der Waals surface area contributed by atoms with Gasteiger partial charge in [0.2, 0.25) is 5.91 Å². The molecule has 9 heteroatoms. The standard InChI is InChI=1S/C30H44N2O7/c1-4-38-27(36)20-9-8-10-21(17-20)31-28(37)39-25-13-14-29(2)22(18-26(35)32-15-6-5-7-16-32)23(34)11-12-24(29)30(25,3)19-33/h8-10,17,22-25,33-34H,4-7,11-16,18-19H2,1-3H3,(H,31,37). The second-order valence-corrected chi connectivity index (χ2v) is 12.0. The number of hydrogen-bond acceptors (Lipinski definition) is 7. The monoisotopic (exact) mass is 544 g/mol. The summed E-state index contributed by atoms with van der Waals surface area (Å²) in [6.07, 6.45) is 4.16. The number of carbonyl (C=O) groups excluding carboxylic acids is 3. The summed E-state index contributed by atoms with van der Waals surface area (Å²) in [5, 5.41) is 24.4. The SMILES string of the molecule is CCOC(=O)c1cccc(NC(=O)OC2CCC3(C)C(CC(=O)N4CCCCC4)C(O)CCC3C2(C)CO)c1. The summed E-state index contributed by atoms with van der Waals surface area (Å²) in [7, 11) is 0. The molecule has 3 aliphatic rings. The largest absolute Gasteiger partial charge is 0.462 e. The first kappa shape index (κ1) is 29.3. The van der Waals surface area contributed by atoms with E-state index in [-0.39, 0.29) is 36.4 Å². The Morgan fingerprint density at radius 1 is 1.10 bits per heavy atom. The number of hydrogen-bond donors (Lipinski definition) is 3. The Morgan fingerprint density at radius 3 is 2.54 bits per heavy atom. The van der Waals surface area contributed by atoms with Gasteiger partial charge in [-0.05, 0) is 87.3 Å². The third kappa shape index (κ3) is 6.09. The van der Waals surface area contributed by atoms with Crippen LogP contribution in [-0.4, -0.2) is 71.6 Å². The van der Waals surface area contributed by atoms with Crippen LogP contribution in [0.5, 0.6) is 0 Å². The van der Waals surface area contributed by atoms with Gasteiger partial charge in [0.1, 0.15) is 6.10 Å². The van der Waals surface area contributed by atoms with E-state index in [0.717, 1.165) is 32.4 Å². The molecule has 6 unspecified atom stereocenters. The van der Waals surface area contributed by atoms with Gasteiger partial charge in [-0.3, -0.25) is 10.1 Å². The maximum Gasteiger partial charge on any atom is 0.411 e. The minimum atomic E-state index is -0.732. The number of fused-ring (bicyclic) bond motifs is 1. The molecule has 1 aliphatic heterocycles. The molecule has 4 rings (SSSR count). The maximum absolute atomic E-state index is 13.2. The summed E-state index contributed by atoms with van der Waals surface area (Å²) in [6.45, 7) is 7.46. The molecule has 0 bridgehead atoms. The quantitative estimate of drug-likeness (QED) is 0.435. The number of esters is 1. The molecule has 9 nitrogen and oxygen atoms in total. The molecule has 1 aromatic carbocycles. The fourth-order valence-corrected chi connectivity index (χ4v) is 7.46. The van der Waals surface area contributed by atoms with Gasteiger partial charge in [-0.2, -0.15) is 0 Å². The Balaban J connectivity index is 1.46. The number of benzene rings is 1. The molecule has 6 atom stereocenters. The second kappa shape index (κ2) is 12.3. The smallest absolute Gasteiger partial charge is 0.411 e. The number of piperidine rings is 1. The Kier molecular flexibility index (Phi) is 9.21. The number of rotatable bonds is 7. The van der Waals surface area contributed by atoms with Crippen LogP contribution in [0, 0.1) is 22.7 Å². The lowest BCUT2D eigenvalue weighted by molar-refractivity contribution is -0.186. The van der Waals surface area contributed by atoms with Crippen LogP contribution in [-0.2, 0) is 14.3 Å². The van der Waals surface area contributed by atoms with Crippen LogP contribution >= 0.6 is 0 Å². The molecular weight excluding hydrogens is 500 g/mol. The van der Waals surface area contributed by atoms with Gasteiger partial charge in [0.25, 0.3) is 0 Å². The molecule has 216 valence electrons. The van der Waals surface area contributed by atoms with Gasteiger partial charge in [0, 0.05) is 30.6 Å². The van der Waals surface area contributed by atoms with Crippen molar-refractivity contribution >= 4 is 23.7 Å². The number of carbonyl (C=O) groups is 3. The van der Waals surface area contributed by atoms with Crippen molar-refractivity contribution in [3.8, 4) is 0 Å². The van der Waals surface area contributed by atoms with Gasteiger partial charge in [-0.25, -0.2) is 9.59 Å². The van der Waals surface area contributed by atoms with Gasteiger partial charge < -0.3 is 24.6 Å². The van der Waals surface area contributed by atoms with Gasteiger partial charge in [-0.1, -0.05) is 19.9 Å². The molecule has 3 fully saturated rings. The van der Waals surface area contributed by atoms with Gasteiger partial charge >= 0.3 is 12.1 Å². The number of aliphatic hydroxyl groups is 2. The molecular formula is C30H44N2O7. The number of likely N-dealkylation sites (tertiary alicyclic amines) is 1. The molecule has 1 saturated heterocycles. The van der Waals surface area contributed by atoms with E-state index in [2.05, 4.69) is 12.2 Å². The summed E-state index contributed by atoms with van der Waals surface area (Å²) in [5.74, 6) is -0.607. The van der Waals surface area contributed by atoms with Crippen molar-refractivity contribution < 1.29 is 34.1 Å². The third-order valence-corrected chi connectivity index (χ3v) is 9.65. The van der Waals surface area contributed by atoms with Crippen LogP contribution < -0.4 is 5.32 Å². The van der Waals surface area contributed by atoms with Gasteiger partial charge in [0.15, 0.2) is 0 Å². The summed E-state index contributed by atoms with van der Waals surface area (Å²) >= 11 is 0. The minimum Gasteiger partial charge on any atom is -0.462 e. The molecule has 2 amide bonds. The molecule has 0 spiro atoms. The lowest BCUT2D eigenvalue weighted by atomic mass is 9.46. The number of amides is 2. The lowest BCUT2D eigenvalue weighted by Crippen LogP contribution is -2.61. The van der Waals surface area contributed by atoms with Crippen LogP contribution in [0.15, 0.2) is 24.3 Å². The number of nitrogens with zero attached hydrogens (tertiary/aromatic N) is 1. The number of anilines is 1. The molecule has 2 saturated carbocycles. The van der Waals surface area contributed by atoms with E-state index < -0.39 is 29.7 Å². The Hall–Kier alpha value is -2.65. The lowest BCUT2D eigenvalue weighted by Gasteiger charge is -2.60. The average Bonchev–Trinajstić information content (AvgIpc) is 2.93. The van der Waals surface area contributed by atoms with E-state index >= 15 is 0 Å². The normalized spacial score (nSPS) is 32.6. The minimum absolute atomic E-state index is 0.0313. The van der Waals surface area contributed by atoms with Crippen molar-refractivity contribution in [1.29, 1.82) is 0 Å². The van der Waals surface area contributed by atoms with E-state index in [4.69, 9.17) is 9.47 Å². The second-order valence-electron chi connectivity index (χ2n) is 12.0. The highest BCUT2D eigenvalue weighted by atomic mass is 16.6. The molecule has 0 radical (unpaired) electrons. The molecule has 3 N–H and O–H groups in total. The van der Waals surface area contributed by atoms with E-state index in [0.29, 0.717) is 43.4 Å². The average molecular weight is 545 g/mol. The molecule has 1 aromatic rings. The van der Waals surface area contributed by atoms with E-state index in [1.165, 1.54) is 6.07 Å². The predicted molar refractivity (Wildman–Crippen MR) is 146 cm³/mol. The topological polar surface area (TPSA) is 125 Å². The van der Waals surface area contributed by atoms with Crippen LogP contribution in [0.1, 0.15) is 82.5 Å².